The fourth-order valence-electron chi connectivity index (χ4n) is 2.22. The molecule has 0 saturated carbocycles. The summed E-state index contributed by atoms with van der Waals surface area (Å²) >= 11 is 7.44. The topological polar surface area (TPSA) is 37.4 Å². The second kappa shape index (κ2) is 7.47. The molecular formula is C16H15ClF3NO2S2. The number of alkyl halides is 3. The van der Waals surface area contributed by atoms with E-state index in [2.05, 4.69) is 0 Å². The van der Waals surface area contributed by atoms with Crippen molar-refractivity contribution in [2.45, 2.75) is 22.9 Å². The first-order valence-corrected chi connectivity index (χ1v) is 10.2. The lowest BCUT2D eigenvalue weighted by atomic mass is 10.2. The lowest BCUT2D eigenvalue weighted by molar-refractivity contribution is -0.137. The highest BCUT2D eigenvalue weighted by atomic mass is 35.5. The van der Waals surface area contributed by atoms with Gasteiger partial charge in [-0.25, -0.2) is 8.42 Å². The van der Waals surface area contributed by atoms with E-state index in [1.807, 2.05) is 6.26 Å². The zero-order chi connectivity index (χ0) is 18.8. The number of benzene rings is 2. The molecule has 0 atom stereocenters. The number of hydrogen-bond acceptors (Lipinski definition) is 3. The molecule has 2 rings (SSSR count). The minimum absolute atomic E-state index is 0.0133. The maximum Gasteiger partial charge on any atom is 0.416 e. The van der Waals surface area contributed by atoms with Gasteiger partial charge in [-0.1, -0.05) is 11.6 Å². The number of halogens is 4. The van der Waals surface area contributed by atoms with Crippen molar-refractivity contribution in [1.82, 2.24) is 0 Å². The first-order valence-electron chi connectivity index (χ1n) is 7.14. The largest absolute Gasteiger partial charge is 0.416 e. The molecule has 0 bridgehead atoms. The van der Waals surface area contributed by atoms with Gasteiger partial charge in [-0.05, 0) is 55.6 Å². The zero-order valence-electron chi connectivity index (χ0n) is 13.3. The molecular weight excluding hydrogens is 395 g/mol. The van der Waals surface area contributed by atoms with Crippen molar-refractivity contribution in [2.24, 2.45) is 0 Å². The molecule has 0 aromatic heterocycles. The fraction of sp³-hybridized carbons (Fsp3) is 0.250. The molecule has 0 aliphatic heterocycles. The Morgan fingerprint density at radius 2 is 1.72 bits per heavy atom. The number of nitrogens with zero attached hydrogens (tertiary/aromatic N) is 1. The Balaban J connectivity index is 2.54. The van der Waals surface area contributed by atoms with Crippen LogP contribution in [0.5, 0.6) is 0 Å². The maximum absolute atomic E-state index is 13.0. The number of anilines is 1. The molecule has 0 amide bonds. The van der Waals surface area contributed by atoms with Gasteiger partial charge in [0.25, 0.3) is 10.0 Å². The van der Waals surface area contributed by atoms with Crippen molar-refractivity contribution in [3.8, 4) is 0 Å². The molecule has 0 heterocycles. The van der Waals surface area contributed by atoms with Crippen LogP contribution in [0.2, 0.25) is 5.02 Å². The Morgan fingerprint density at radius 1 is 1.12 bits per heavy atom. The molecule has 3 nitrogen and oxygen atoms in total. The predicted molar refractivity (Wildman–Crippen MR) is 94.9 cm³/mol. The lowest BCUT2D eigenvalue weighted by Crippen LogP contribution is -2.31. The summed E-state index contributed by atoms with van der Waals surface area (Å²) in [7, 11) is -4.04. The van der Waals surface area contributed by atoms with E-state index in [-0.39, 0.29) is 22.2 Å². The highest BCUT2D eigenvalue weighted by Crippen LogP contribution is 2.37. The van der Waals surface area contributed by atoms with Crippen LogP contribution in [-0.2, 0) is 16.2 Å². The molecule has 0 saturated heterocycles. The van der Waals surface area contributed by atoms with Crippen molar-refractivity contribution in [1.29, 1.82) is 0 Å². The summed E-state index contributed by atoms with van der Waals surface area (Å²) in [5.41, 5.74) is -1.16. The second-order valence-electron chi connectivity index (χ2n) is 5.01. The summed E-state index contributed by atoms with van der Waals surface area (Å²) in [5.74, 6) is 0. The zero-order valence-corrected chi connectivity index (χ0v) is 15.7. The van der Waals surface area contributed by atoms with Crippen LogP contribution in [0.15, 0.2) is 52.3 Å². The quantitative estimate of drug-likeness (QED) is 0.629. The van der Waals surface area contributed by atoms with E-state index < -0.39 is 21.8 Å². The Bertz CT molecular complexity index is 853. The minimum Gasteiger partial charge on any atom is -0.265 e. The van der Waals surface area contributed by atoms with Gasteiger partial charge in [-0.3, -0.25) is 4.31 Å². The third-order valence-corrected chi connectivity index (χ3v) is 6.44. The highest BCUT2D eigenvalue weighted by Gasteiger charge is 2.33. The molecule has 0 spiro atoms. The van der Waals surface area contributed by atoms with Crippen molar-refractivity contribution in [3.05, 3.63) is 53.1 Å². The smallest absolute Gasteiger partial charge is 0.265 e. The Kier molecular flexibility index (Phi) is 5.96. The first-order chi connectivity index (χ1) is 11.6. The van der Waals surface area contributed by atoms with E-state index in [4.69, 9.17) is 11.6 Å². The maximum atomic E-state index is 13.0. The molecule has 0 aliphatic rings. The van der Waals surface area contributed by atoms with Gasteiger partial charge in [0.2, 0.25) is 0 Å². The summed E-state index contributed by atoms with van der Waals surface area (Å²) < 4.78 is 65.5. The van der Waals surface area contributed by atoms with Crippen LogP contribution >= 0.6 is 23.4 Å². The second-order valence-corrected chi connectivity index (χ2v) is 8.16. The fourth-order valence-corrected chi connectivity index (χ4v) is 4.39. The van der Waals surface area contributed by atoms with Crippen LogP contribution in [0.25, 0.3) is 0 Å². The van der Waals surface area contributed by atoms with Gasteiger partial charge in [-0.2, -0.15) is 13.2 Å². The van der Waals surface area contributed by atoms with E-state index in [0.717, 1.165) is 27.4 Å². The molecule has 0 fully saturated rings. The third-order valence-electron chi connectivity index (χ3n) is 3.48. The van der Waals surface area contributed by atoms with E-state index in [0.29, 0.717) is 0 Å². The van der Waals surface area contributed by atoms with Gasteiger partial charge in [-0.15, -0.1) is 11.8 Å². The highest BCUT2D eigenvalue weighted by molar-refractivity contribution is 7.98. The molecule has 0 unspecified atom stereocenters. The van der Waals surface area contributed by atoms with Gasteiger partial charge >= 0.3 is 6.18 Å². The van der Waals surface area contributed by atoms with Gasteiger partial charge in [0.1, 0.15) is 0 Å². The predicted octanol–water partition coefficient (Wildman–Crippen LogP) is 5.30. The van der Waals surface area contributed by atoms with E-state index >= 15 is 0 Å². The molecule has 25 heavy (non-hydrogen) atoms. The third kappa shape index (κ3) is 4.24. The summed E-state index contributed by atoms with van der Waals surface area (Å²) in [4.78, 5) is 0.861. The standard InChI is InChI=1S/C16H15ClF3NO2S2/c1-3-21(15-10-11(16(18,19)20)4-9-14(15)17)25(22,23)13-7-5-12(24-2)6-8-13/h4-10H,3H2,1-2H3. The summed E-state index contributed by atoms with van der Waals surface area (Å²) in [5, 5.41) is -0.0702. The van der Waals surface area contributed by atoms with Crippen molar-refractivity contribution in [2.75, 3.05) is 17.1 Å². The molecule has 2 aromatic carbocycles. The molecule has 136 valence electrons. The van der Waals surface area contributed by atoms with Crippen molar-refractivity contribution < 1.29 is 21.6 Å². The van der Waals surface area contributed by atoms with Gasteiger partial charge < -0.3 is 0 Å². The number of rotatable bonds is 5. The van der Waals surface area contributed by atoms with Crippen LogP contribution in [0.4, 0.5) is 18.9 Å². The Hall–Kier alpha value is -1.38. The number of thioether (sulfide) groups is 1. The molecule has 0 N–H and O–H groups in total. The lowest BCUT2D eigenvalue weighted by Gasteiger charge is -2.25. The van der Waals surface area contributed by atoms with Gasteiger partial charge in [0.05, 0.1) is 21.2 Å². The first kappa shape index (κ1) is 19.9. The van der Waals surface area contributed by atoms with Crippen molar-refractivity contribution in [3.63, 3.8) is 0 Å². The van der Waals surface area contributed by atoms with E-state index in [1.165, 1.54) is 30.8 Å². The van der Waals surface area contributed by atoms with Crippen LogP contribution in [0.1, 0.15) is 12.5 Å². The molecule has 0 aliphatic carbocycles. The minimum atomic E-state index is -4.59. The van der Waals surface area contributed by atoms with Crippen LogP contribution in [-0.4, -0.2) is 21.2 Å². The van der Waals surface area contributed by atoms with E-state index in [1.54, 1.807) is 12.1 Å². The Labute approximate surface area is 153 Å². The average Bonchev–Trinajstić information content (AvgIpc) is 2.56. The number of sulfonamides is 1. The Morgan fingerprint density at radius 3 is 2.20 bits per heavy atom. The summed E-state index contributed by atoms with van der Waals surface area (Å²) in [6.07, 6.45) is -2.74. The molecule has 2 aromatic rings. The summed E-state index contributed by atoms with van der Waals surface area (Å²) in [6.45, 7) is 1.47. The monoisotopic (exact) mass is 409 g/mol. The normalized spacial score (nSPS) is 12.2. The number of hydrogen-bond donors (Lipinski definition) is 0. The van der Waals surface area contributed by atoms with Gasteiger partial charge in [0, 0.05) is 11.4 Å². The molecule has 0 radical (unpaired) electrons. The van der Waals surface area contributed by atoms with Gasteiger partial charge in [0.15, 0.2) is 0 Å². The van der Waals surface area contributed by atoms with Crippen LogP contribution < -0.4 is 4.31 Å². The van der Waals surface area contributed by atoms with Crippen LogP contribution in [0.3, 0.4) is 0 Å². The average molecular weight is 410 g/mol. The summed E-state index contributed by atoms with van der Waals surface area (Å²) in [6, 6.07) is 8.74. The van der Waals surface area contributed by atoms with Crippen LogP contribution in [0, 0.1) is 0 Å². The molecule has 9 heteroatoms. The van der Waals surface area contributed by atoms with E-state index in [9.17, 15) is 21.6 Å². The van der Waals surface area contributed by atoms with Crippen molar-refractivity contribution >= 4 is 39.1 Å². The SMILES string of the molecule is CCN(c1cc(C(F)(F)F)ccc1Cl)S(=O)(=O)c1ccc(SC)cc1.